The van der Waals surface area contributed by atoms with E-state index < -0.39 is 6.10 Å². The second-order valence-electron chi connectivity index (χ2n) is 20.3. The fraction of sp³-hybridized carbons (Fsp3) is 0.949. The van der Waals surface area contributed by atoms with Crippen LogP contribution in [-0.4, -0.2) is 37.2 Å². The van der Waals surface area contributed by atoms with E-state index in [9.17, 15) is 14.4 Å². The minimum atomic E-state index is -0.761. The van der Waals surface area contributed by atoms with Gasteiger partial charge in [0.05, 0.1) is 0 Å². The highest BCUT2D eigenvalue weighted by atomic mass is 16.6. The number of unbranched alkanes of at least 4 members (excludes halogenated alkanes) is 44. The van der Waals surface area contributed by atoms with E-state index in [1.807, 2.05) is 0 Å². The molecule has 0 heterocycles. The number of carbonyl (C=O) groups is 3. The van der Waals surface area contributed by atoms with E-state index in [2.05, 4.69) is 20.8 Å². The third-order valence-corrected chi connectivity index (χ3v) is 13.6. The lowest BCUT2D eigenvalue weighted by Crippen LogP contribution is -2.30. The third-order valence-electron chi connectivity index (χ3n) is 13.6. The summed E-state index contributed by atoms with van der Waals surface area (Å²) in [5.41, 5.74) is 0. The van der Waals surface area contributed by atoms with E-state index in [1.54, 1.807) is 0 Å². The van der Waals surface area contributed by atoms with E-state index >= 15 is 0 Å². The van der Waals surface area contributed by atoms with Gasteiger partial charge >= 0.3 is 17.9 Å². The Morgan fingerprint density at radius 3 is 0.615 bits per heavy atom. The van der Waals surface area contributed by atoms with Crippen LogP contribution in [0.15, 0.2) is 0 Å². The zero-order valence-electron chi connectivity index (χ0n) is 44.3. The van der Waals surface area contributed by atoms with Crippen LogP contribution >= 0.6 is 0 Å². The van der Waals surface area contributed by atoms with Gasteiger partial charge in [0.25, 0.3) is 0 Å². The van der Waals surface area contributed by atoms with Crippen LogP contribution in [0.3, 0.4) is 0 Å². The van der Waals surface area contributed by atoms with Crippen molar-refractivity contribution in [3.05, 3.63) is 0 Å². The first-order chi connectivity index (χ1) is 32.0. The van der Waals surface area contributed by atoms with Crippen LogP contribution < -0.4 is 0 Å². The Kier molecular flexibility index (Phi) is 53.7. The van der Waals surface area contributed by atoms with Crippen molar-refractivity contribution in [1.82, 2.24) is 0 Å². The summed E-state index contributed by atoms with van der Waals surface area (Å²) in [6, 6.07) is 0. The third kappa shape index (κ3) is 53.2. The Hall–Kier alpha value is -1.59. The van der Waals surface area contributed by atoms with Gasteiger partial charge in [0.2, 0.25) is 0 Å². The maximum Gasteiger partial charge on any atom is 0.306 e. The average molecular weight is 920 g/mol. The van der Waals surface area contributed by atoms with E-state index in [1.165, 1.54) is 244 Å². The molecule has 386 valence electrons. The molecule has 0 unspecified atom stereocenters. The molecule has 0 aromatic rings. The minimum Gasteiger partial charge on any atom is -0.462 e. The van der Waals surface area contributed by atoms with Crippen molar-refractivity contribution in [3.8, 4) is 0 Å². The predicted molar refractivity (Wildman–Crippen MR) is 280 cm³/mol. The standard InChI is InChI=1S/C59H114O6/c1-4-7-10-13-16-19-22-25-27-29-30-32-35-38-41-44-47-50-53-59(62)65-56(54-63-57(60)51-48-45-42-39-36-33-24-21-18-15-12-9-6-3)55-64-58(61)52-49-46-43-40-37-34-31-28-26-23-20-17-14-11-8-5-2/h56H,4-55H2,1-3H3/t56-/m0/s1. The van der Waals surface area contributed by atoms with Gasteiger partial charge in [0.15, 0.2) is 6.10 Å². The van der Waals surface area contributed by atoms with Crippen molar-refractivity contribution in [1.29, 1.82) is 0 Å². The Bertz CT molecular complexity index is 967. The lowest BCUT2D eigenvalue weighted by Gasteiger charge is -2.18. The summed E-state index contributed by atoms with van der Waals surface area (Å²) in [6.45, 7) is 6.71. The SMILES string of the molecule is CCCCCCCCCCCCCCCCCCCCC(=O)O[C@@H](COC(=O)CCCCCCCCCCCCCCC)COC(=O)CCCCCCCCCCCCCCCCCC. The number of hydrogen-bond acceptors (Lipinski definition) is 6. The van der Waals surface area contributed by atoms with Crippen LogP contribution in [0.4, 0.5) is 0 Å². The second kappa shape index (κ2) is 55.0. The molecule has 6 heteroatoms. The van der Waals surface area contributed by atoms with Gasteiger partial charge in [-0.05, 0) is 19.3 Å². The number of ether oxygens (including phenoxy) is 3. The first-order valence-corrected chi connectivity index (χ1v) is 29.5. The molecule has 0 aliphatic rings. The summed E-state index contributed by atoms with van der Waals surface area (Å²) in [6.07, 6.45) is 60.9. The van der Waals surface area contributed by atoms with Gasteiger partial charge in [0.1, 0.15) is 13.2 Å². The summed E-state index contributed by atoms with van der Waals surface area (Å²) in [5, 5.41) is 0. The van der Waals surface area contributed by atoms with Gasteiger partial charge in [-0.3, -0.25) is 14.4 Å². The molecule has 0 saturated carbocycles. The molecule has 0 amide bonds. The Labute approximate surface area is 406 Å². The van der Waals surface area contributed by atoms with Crippen molar-refractivity contribution in [2.24, 2.45) is 0 Å². The fourth-order valence-electron chi connectivity index (χ4n) is 9.15. The highest BCUT2D eigenvalue weighted by Crippen LogP contribution is 2.18. The molecule has 0 bridgehead atoms. The Balaban J connectivity index is 4.28. The molecular formula is C59H114O6. The van der Waals surface area contributed by atoms with Gasteiger partial charge in [0, 0.05) is 19.3 Å². The van der Waals surface area contributed by atoms with E-state index in [0.717, 1.165) is 57.8 Å². The summed E-state index contributed by atoms with van der Waals surface area (Å²) >= 11 is 0. The molecular weight excluding hydrogens is 805 g/mol. The molecule has 1 atom stereocenters. The molecule has 0 aliphatic heterocycles. The second-order valence-corrected chi connectivity index (χ2v) is 20.3. The molecule has 0 fully saturated rings. The van der Waals surface area contributed by atoms with Crippen LogP contribution in [0.5, 0.6) is 0 Å². The van der Waals surface area contributed by atoms with Gasteiger partial charge < -0.3 is 14.2 Å². The molecule has 0 aliphatic carbocycles. The number of rotatable bonds is 55. The monoisotopic (exact) mass is 919 g/mol. The quantitative estimate of drug-likeness (QED) is 0.0344. The Morgan fingerprint density at radius 1 is 0.246 bits per heavy atom. The lowest BCUT2D eigenvalue weighted by atomic mass is 10.0. The normalized spacial score (nSPS) is 11.9. The minimum absolute atomic E-state index is 0.0609. The summed E-state index contributed by atoms with van der Waals surface area (Å²) in [5.74, 6) is -0.830. The smallest absolute Gasteiger partial charge is 0.306 e. The topological polar surface area (TPSA) is 78.9 Å². The fourth-order valence-corrected chi connectivity index (χ4v) is 9.15. The molecule has 0 aromatic heterocycles. The lowest BCUT2D eigenvalue weighted by molar-refractivity contribution is -0.167. The average Bonchev–Trinajstić information content (AvgIpc) is 3.30. The van der Waals surface area contributed by atoms with Gasteiger partial charge in [-0.25, -0.2) is 0 Å². The largest absolute Gasteiger partial charge is 0.462 e. The summed E-state index contributed by atoms with van der Waals surface area (Å²) < 4.78 is 16.9. The first kappa shape index (κ1) is 63.4. The maximum atomic E-state index is 12.9. The molecule has 0 N–H and O–H groups in total. The van der Waals surface area contributed by atoms with E-state index in [4.69, 9.17) is 14.2 Å². The zero-order chi connectivity index (χ0) is 47.2. The molecule has 6 nitrogen and oxygen atoms in total. The number of esters is 3. The molecule has 65 heavy (non-hydrogen) atoms. The summed E-state index contributed by atoms with van der Waals surface area (Å²) in [4.78, 5) is 38.1. The highest BCUT2D eigenvalue weighted by molar-refractivity contribution is 5.71. The van der Waals surface area contributed by atoms with Crippen LogP contribution in [0, 0.1) is 0 Å². The van der Waals surface area contributed by atoms with Crippen molar-refractivity contribution in [2.45, 2.75) is 348 Å². The van der Waals surface area contributed by atoms with Crippen LogP contribution in [0.2, 0.25) is 0 Å². The van der Waals surface area contributed by atoms with Gasteiger partial charge in [-0.2, -0.15) is 0 Å². The van der Waals surface area contributed by atoms with Crippen molar-refractivity contribution >= 4 is 17.9 Å². The predicted octanol–water partition coefficient (Wildman–Crippen LogP) is 19.5. The molecule has 0 rings (SSSR count). The Morgan fingerprint density at radius 2 is 0.415 bits per heavy atom. The van der Waals surface area contributed by atoms with Gasteiger partial charge in [-0.1, -0.05) is 303 Å². The van der Waals surface area contributed by atoms with Crippen molar-refractivity contribution in [3.63, 3.8) is 0 Å². The zero-order valence-corrected chi connectivity index (χ0v) is 44.3. The van der Waals surface area contributed by atoms with Crippen LogP contribution in [-0.2, 0) is 28.6 Å². The van der Waals surface area contributed by atoms with Crippen LogP contribution in [0.25, 0.3) is 0 Å². The highest BCUT2D eigenvalue weighted by Gasteiger charge is 2.19. The molecule has 0 aromatic carbocycles. The maximum absolute atomic E-state index is 12.9. The molecule has 0 saturated heterocycles. The number of carbonyl (C=O) groups excluding carboxylic acids is 3. The van der Waals surface area contributed by atoms with Crippen molar-refractivity contribution in [2.75, 3.05) is 13.2 Å². The van der Waals surface area contributed by atoms with Gasteiger partial charge in [-0.15, -0.1) is 0 Å². The first-order valence-electron chi connectivity index (χ1n) is 29.5. The van der Waals surface area contributed by atoms with Crippen molar-refractivity contribution < 1.29 is 28.6 Å². The van der Waals surface area contributed by atoms with Crippen LogP contribution in [0.1, 0.15) is 342 Å². The van der Waals surface area contributed by atoms with E-state index in [0.29, 0.717) is 19.3 Å². The molecule has 0 spiro atoms. The molecule has 0 radical (unpaired) electrons. The summed E-state index contributed by atoms with van der Waals surface area (Å²) in [7, 11) is 0. The number of hydrogen-bond donors (Lipinski definition) is 0. The van der Waals surface area contributed by atoms with E-state index in [-0.39, 0.29) is 31.1 Å².